The van der Waals surface area contributed by atoms with Gasteiger partial charge in [0.15, 0.2) is 6.29 Å². The van der Waals surface area contributed by atoms with Crippen LogP contribution >= 0.6 is 0 Å². The van der Waals surface area contributed by atoms with Crippen LogP contribution in [0.2, 0.25) is 0 Å². The summed E-state index contributed by atoms with van der Waals surface area (Å²) < 4.78 is 19.9. The second-order valence-electron chi connectivity index (χ2n) is 16.8. The molecule has 3 N–H and O–H groups in total. The number of fused-ring (bicyclic) bond motifs is 1. The van der Waals surface area contributed by atoms with Crippen molar-refractivity contribution in [2.75, 3.05) is 27.3 Å². The summed E-state index contributed by atoms with van der Waals surface area (Å²) in [4.78, 5) is 40.6. The first kappa shape index (κ1) is 45.6. The Labute approximate surface area is 333 Å². The van der Waals surface area contributed by atoms with Gasteiger partial charge in [-0.25, -0.2) is 0 Å². The maximum atomic E-state index is 14.5. The Hall–Kier alpha value is -3.10. The van der Waals surface area contributed by atoms with E-state index in [2.05, 4.69) is 10.1 Å². The van der Waals surface area contributed by atoms with Gasteiger partial charge < -0.3 is 39.3 Å². The van der Waals surface area contributed by atoms with Crippen molar-refractivity contribution in [1.29, 1.82) is 0 Å². The smallest absolute Gasteiger partial charge is 0.185 e. The predicted octanol–water partition coefficient (Wildman–Crippen LogP) is 5.84. The first-order valence-electron chi connectivity index (χ1n) is 20.3. The fraction of sp³-hybridized carbons (Fsp3) is 0.682. The summed E-state index contributed by atoms with van der Waals surface area (Å²) in [5.41, 5.74) is -0.684. The SMILES string of the molecule is CCO/N=C1\[C@H](C)C[C@](C)(OC/C=C/c2cnc3ccccc3c2)[C@H](O[C@@H]2O[C@H](C)C[C@H](N(C)C)[C@H]2O)[C@@H](C)C(=O)[C@@H](C)C(=O)C[C@H](CC)[C@@](C)(O)[C@H](O)[C@H]1C. The minimum atomic E-state index is -1.68. The van der Waals surface area contributed by atoms with Gasteiger partial charge in [-0.05, 0) is 85.2 Å². The van der Waals surface area contributed by atoms with E-state index in [1.807, 2.05) is 96.1 Å². The number of ether oxygens (including phenoxy) is 3. The van der Waals surface area contributed by atoms with E-state index < -0.39 is 65.4 Å². The summed E-state index contributed by atoms with van der Waals surface area (Å²) >= 11 is 0. The zero-order valence-corrected chi connectivity index (χ0v) is 35.3. The fourth-order valence-corrected chi connectivity index (χ4v) is 8.72. The van der Waals surface area contributed by atoms with E-state index in [1.54, 1.807) is 33.9 Å². The van der Waals surface area contributed by atoms with Crippen molar-refractivity contribution in [2.45, 2.75) is 136 Å². The number of oxime groups is 1. The quantitative estimate of drug-likeness (QED) is 0.196. The van der Waals surface area contributed by atoms with Crippen LogP contribution in [0.25, 0.3) is 17.0 Å². The maximum Gasteiger partial charge on any atom is 0.185 e. The molecule has 1 aliphatic carbocycles. The standard InChI is InChI=1S/C44H67N3O9/c1-12-33-23-36(48)28(5)38(49)30(7)41(56-42-39(50)35(47(10)11)21-27(4)55-42)43(8,24-26(3)37(46-54-13-2)29(6)40(51)44(33,9)52)53-20-16-17-31-22-32-18-14-15-19-34(32)45-25-31/h14-19,22,25-30,33,35,39-42,50-52H,12-13,20-21,23-24H2,1-11H3/b17-16+,46-37+/t26-,27-,28+,29+,30+,33+,35+,39-,40-,41-,42+,43+,44-/m1/s1. The van der Waals surface area contributed by atoms with Gasteiger partial charge in [0, 0.05) is 41.8 Å². The third kappa shape index (κ3) is 10.5. The van der Waals surface area contributed by atoms with Crippen LogP contribution in [-0.4, -0.2) is 118 Å². The van der Waals surface area contributed by atoms with E-state index in [4.69, 9.17) is 19.0 Å². The maximum absolute atomic E-state index is 14.5. The molecule has 13 atom stereocenters. The molecule has 2 fully saturated rings. The van der Waals surface area contributed by atoms with Gasteiger partial charge >= 0.3 is 0 Å². The van der Waals surface area contributed by atoms with Gasteiger partial charge in [0.2, 0.25) is 0 Å². The van der Waals surface area contributed by atoms with E-state index in [0.29, 0.717) is 18.6 Å². The lowest BCUT2D eigenvalue weighted by molar-refractivity contribution is -0.296. The summed E-state index contributed by atoms with van der Waals surface area (Å²) in [6.45, 7) is 16.5. The molecule has 12 nitrogen and oxygen atoms in total. The molecule has 2 aromatic rings. The molecule has 1 aromatic carbocycles. The van der Waals surface area contributed by atoms with Gasteiger partial charge in [-0.15, -0.1) is 0 Å². The van der Waals surface area contributed by atoms with Crippen molar-refractivity contribution in [3.8, 4) is 0 Å². The number of carbonyl (C=O) groups excluding carboxylic acids is 2. The summed E-state index contributed by atoms with van der Waals surface area (Å²) in [7, 11) is 3.79. The Balaban J connectivity index is 1.84. The number of rotatable bonds is 10. The van der Waals surface area contributed by atoms with Crippen LogP contribution in [0.4, 0.5) is 0 Å². The normalized spacial score (nSPS) is 37.7. The Bertz CT molecular complexity index is 1680. The third-order valence-corrected chi connectivity index (χ3v) is 12.2. The average molecular weight is 782 g/mol. The van der Waals surface area contributed by atoms with Gasteiger partial charge in [-0.3, -0.25) is 14.6 Å². The molecule has 56 heavy (non-hydrogen) atoms. The van der Waals surface area contributed by atoms with E-state index >= 15 is 0 Å². The van der Waals surface area contributed by atoms with Crippen LogP contribution in [0, 0.1) is 29.6 Å². The molecule has 4 rings (SSSR count). The number of para-hydroxylation sites is 1. The van der Waals surface area contributed by atoms with Gasteiger partial charge in [-0.2, -0.15) is 0 Å². The third-order valence-electron chi connectivity index (χ3n) is 12.2. The molecule has 2 aliphatic rings. The van der Waals surface area contributed by atoms with E-state index in [1.165, 1.54) is 0 Å². The minimum absolute atomic E-state index is 0.110. The summed E-state index contributed by atoms with van der Waals surface area (Å²) in [5.74, 6) is -4.39. The van der Waals surface area contributed by atoms with Crippen LogP contribution in [-0.2, 0) is 28.6 Å². The molecule has 0 amide bonds. The Kier molecular flexibility index (Phi) is 15.9. The lowest BCUT2D eigenvalue weighted by Gasteiger charge is -2.47. The number of carbonyl (C=O) groups is 2. The molecule has 0 unspecified atom stereocenters. The second-order valence-corrected chi connectivity index (χ2v) is 16.8. The van der Waals surface area contributed by atoms with Crippen molar-refractivity contribution >= 4 is 34.3 Å². The minimum Gasteiger partial charge on any atom is -0.396 e. The highest BCUT2D eigenvalue weighted by molar-refractivity contribution is 6.03. The monoisotopic (exact) mass is 781 g/mol. The lowest BCUT2D eigenvalue weighted by atomic mass is 9.70. The number of aliphatic hydroxyl groups is 3. The van der Waals surface area contributed by atoms with Crippen LogP contribution in [0.5, 0.6) is 0 Å². The number of nitrogens with zero attached hydrogens (tertiary/aromatic N) is 3. The first-order chi connectivity index (χ1) is 26.4. The average Bonchev–Trinajstić information content (AvgIpc) is 3.16. The van der Waals surface area contributed by atoms with Crippen LogP contribution < -0.4 is 0 Å². The molecule has 1 aromatic heterocycles. The van der Waals surface area contributed by atoms with E-state index in [-0.39, 0.29) is 49.8 Å². The van der Waals surface area contributed by atoms with Gasteiger partial charge in [-0.1, -0.05) is 69.6 Å². The van der Waals surface area contributed by atoms with E-state index in [9.17, 15) is 24.9 Å². The molecule has 0 bridgehead atoms. The molecule has 1 saturated carbocycles. The van der Waals surface area contributed by atoms with Gasteiger partial charge in [0.05, 0.1) is 53.3 Å². The Morgan fingerprint density at radius 1 is 1.05 bits per heavy atom. The molecule has 2 heterocycles. The summed E-state index contributed by atoms with van der Waals surface area (Å²) in [6, 6.07) is 9.64. The lowest BCUT2D eigenvalue weighted by Crippen LogP contribution is -2.59. The molecule has 12 heteroatoms. The Morgan fingerprint density at radius 2 is 1.75 bits per heavy atom. The number of benzene rings is 1. The fourth-order valence-electron chi connectivity index (χ4n) is 8.72. The van der Waals surface area contributed by atoms with Crippen molar-refractivity contribution in [3.63, 3.8) is 0 Å². The molecule has 0 radical (unpaired) electrons. The van der Waals surface area contributed by atoms with Crippen molar-refractivity contribution in [1.82, 2.24) is 9.88 Å². The van der Waals surface area contributed by atoms with Crippen molar-refractivity contribution < 1.29 is 44.0 Å². The molecular weight excluding hydrogens is 714 g/mol. The first-order valence-corrected chi connectivity index (χ1v) is 20.3. The highest BCUT2D eigenvalue weighted by Crippen LogP contribution is 2.40. The number of ketones is 2. The largest absolute Gasteiger partial charge is 0.396 e. The number of aliphatic hydroxyl groups excluding tert-OH is 2. The highest BCUT2D eigenvalue weighted by atomic mass is 16.7. The molecule has 1 aliphatic heterocycles. The summed E-state index contributed by atoms with van der Waals surface area (Å²) in [5, 5.41) is 40.9. The highest BCUT2D eigenvalue weighted by Gasteiger charge is 2.51. The number of hydrogen-bond acceptors (Lipinski definition) is 12. The molecule has 312 valence electrons. The van der Waals surface area contributed by atoms with Crippen LogP contribution in [0.3, 0.4) is 0 Å². The number of likely N-dealkylation sites (N-methyl/N-ethyl adjacent to an activating group) is 1. The van der Waals surface area contributed by atoms with Crippen molar-refractivity contribution in [3.05, 3.63) is 48.2 Å². The zero-order chi connectivity index (χ0) is 41.5. The number of hydrogen-bond donors (Lipinski definition) is 3. The summed E-state index contributed by atoms with van der Waals surface area (Å²) in [6.07, 6.45) is 1.94. The number of Topliss-reactive ketones (excluding diaryl/α,β-unsaturated/α-hetero) is 2. The topological polar surface area (TPSA) is 160 Å². The predicted molar refractivity (Wildman–Crippen MR) is 218 cm³/mol. The Morgan fingerprint density at radius 3 is 2.41 bits per heavy atom. The second kappa shape index (κ2) is 19.6. The van der Waals surface area contributed by atoms with Crippen LogP contribution in [0.1, 0.15) is 93.6 Å². The number of pyridine rings is 1. The molecular formula is C44H67N3O9. The van der Waals surface area contributed by atoms with Crippen molar-refractivity contribution in [2.24, 2.45) is 34.7 Å². The van der Waals surface area contributed by atoms with E-state index in [0.717, 1.165) is 16.5 Å². The molecule has 0 spiro atoms. The van der Waals surface area contributed by atoms with Crippen LogP contribution in [0.15, 0.2) is 47.8 Å². The zero-order valence-electron chi connectivity index (χ0n) is 35.3. The van der Waals surface area contributed by atoms with Gasteiger partial charge in [0.1, 0.15) is 24.3 Å². The van der Waals surface area contributed by atoms with Gasteiger partial charge in [0.25, 0.3) is 0 Å². The molecule has 1 saturated heterocycles. The number of aromatic nitrogens is 1.